The molecule has 0 radical (unpaired) electrons. The minimum Gasteiger partial charge on any atom is -0.0919 e. The Morgan fingerprint density at radius 3 is 1.90 bits per heavy atom. The molecule has 0 spiro atoms. The zero-order valence-corrected chi connectivity index (χ0v) is 8.98. The average Bonchev–Trinajstić information content (AvgIpc) is 1.97. The standard InChI is InChI=1S/C7H8Cl2.Ti/c1-5-3-4-7(8,9)6(5)2;/h3-4H,1-2H3;. The van der Waals surface area contributed by atoms with E-state index in [1.807, 2.05) is 19.9 Å². The van der Waals surface area contributed by atoms with Crippen LogP contribution in [0, 0.1) is 0 Å². The van der Waals surface area contributed by atoms with Crippen LogP contribution in [-0.2, 0) is 21.7 Å². The number of hydrogen-bond acceptors (Lipinski definition) is 0. The van der Waals surface area contributed by atoms with Crippen LogP contribution >= 0.6 is 23.2 Å². The summed E-state index contributed by atoms with van der Waals surface area (Å²) in [6, 6.07) is 0. The minimum atomic E-state index is -0.732. The second-order valence-electron chi connectivity index (χ2n) is 2.26. The van der Waals surface area contributed by atoms with Gasteiger partial charge in [0.2, 0.25) is 0 Å². The molecule has 1 aliphatic rings. The third-order valence-electron chi connectivity index (χ3n) is 1.63. The first-order valence-corrected chi connectivity index (χ1v) is 3.54. The van der Waals surface area contributed by atoms with Gasteiger partial charge in [-0.25, -0.2) is 0 Å². The average molecular weight is 211 g/mol. The predicted octanol–water partition coefficient (Wildman–Crippen LogP) is 3.06. The van der Waals surface area contributed by atoms with E-state index in [0.717, 1.165) is 5.57 Å². The van der Waals surface area contributed by atoms with E-state index in [2.05, 4.69) is 0 Å². The van der Waals surface area contributed by atoms with Crippen molar-refractivity contribution in [2.45, 2.75) is 18.2 Å². The maximum absolute atomic E-state index is 5.83. The fourth-order valence-electron chi connectivity index (χ4n) is 0.743. The first-order valence-electron chi connectivity index (χ1n) is 2.79. The topological polar surface area (TPSA) is 0 Å². The van der Waals surface area contributed by atoms with Crippen LogP contribution in [0.15, 0.2) is 23.3 Å². The molecule has 0 aromatic carbocycles. The van der Waals surface area contributed by atoms with Gasteiger partial charge in [0.05, 0.1) is 0 Å². The van der Waals surface area contributed by atoms with E-state index in [1.165, 1.54) is 5.57 Å². The second kappa shape index (κ2) is 3.45. The van der Waals surface area contributed by atoms with Gasteiger partial charge in [-0.1, -0.05) is 29.3 Å². The van der Waals surface area contributed by atoms with Crippen molar-refractivity contribution in [1.29, 1.82) is 0 Å². The Hall–Kier alpha value is 0.774. The molecule has 0 aromatic heterocycles. The molecular weight excluding hydrogens is 203 g/mol. The van der Waals surface area contributed by atoms with Crippen LogP contribution in [0.5, 0.6) is 0 Å². The first kappa shape index (κ1) is 10.8. The summed E-state index contributed by atoms with van der Waals surface area (Å²) in [5.41, 5.74) is 2.20. The molecule has 0 amide bonds. The molecule has 54 valence electrons. The fourth-order valence-corrected chi connectivity index (χ4v) is 1.17. The summed E-state index contributed by atoms with van der Waals surface area (Å²) in [5, 5.41) is 0. The zero-order chi connectivity index (χ0) is 7.07. The molecule has 1 rings (SSSR count). The molecule has 3 heteroatoms. The normalized spacial score (nSPS) is 21.2. The van der Waals surface area contributed by atoms with Crippen molar-refractivity contribution in [1.82, 2.24) is 0 Å². The summed E-state index contributed by atoms with van der Waals surface area (Å²) < 4.78 is -0.732. The number of halogens is 2. The van der Waals surface area contributed by atoms with Crippen molar-refractivity contribution in [3.05, 3.63) is 23.3 Å². The number of alkyl halides is 2. The zero-order valence-electron chi connectivity index (χ0n) is 5.91. The van der Waals surface area contributed by atoms with Crippen molar-refractivity contribution < 1.29 is 21.7 Å². The van der Waals surface area contributed by atoms with E-state index in [0.29, 0.717) is 0 Å². The first-order chi connectivity index (χ1) is 4.04. The quantitative estimate of drug-likeness (QED) is 0.426. The molecule has 0 N–H and O–H groups in total. The second-order valence-corrected chi connectivity index (χ2v) is 3.65. The Morgan fingerprint density at radius 1 is 1.30 bits per heavy atom. The van der Waals surface area contributed by atoms with E-state index in [9.17, 15) is 0 Å². The third-order valence-corrected chi connectivity index (χ3v) is 2.45. The van der Waals surface area contributed by atoms with Crippen LogP contribution in [0.1, 0.15) is 13.8 Å². The molecule has 0 heterocycles. The summed E-state index contributed by atoms with van der Waals surface area (Å²) >= 11 is 11.7. The van der Waals surface area contributed by atoms with Crippen molar-refractivity contribution in [3.63, 3.8) is 0 Å². The van der Waals surface area contributed by atoms with Crippen LogP contribution in [-0.4, -0.2) is 4.33 Å². The molecule has 0 aromatic rings. The summed E-state index contributed by atoms with van der Waals surface area (Å²) in [6.45, 7) is 3.94. The van der Waals surface area contributed by atoms with E-state index in [-0.39, 0.29) is 21.7 Å². The van der Waals surface area contributed by atoms with Gasteiger partial charge >= 0.3 is 0 Å². The molecule has 0 atom stereocenters. The predicted molar refractivity (Wildman–Crippen MR) is 42.0 cm³/mol. The molecule has 1 aliphatic carbocycles. The molecule has 0 unspecified atom stereocenters. The van der Waals surface area contributed by atoms with Crippen molar-refractivity contribution in [3.8, 4) is 0 Å². The molecular formula is C7H8Cl2Ti. The van der Waals surface area contributed by atoms with Crippen LogP contribution in [0.4, 0.5) is 0 Å². The Kier molecular flexibility index (Phi) is 3.71. The summed E-state index contributed by atoms with van der Waals surface area (Å²) in [4.78, 5) is 0. The van der Waals surface area contributed by atoms with E-state index in [1.54, 1.807) is 6.08 Å². The van der Waals surface area contributed by atoms with E-state index >= 15 is 0 Å². The van der Waals surface area contributed by atoms with Crippen molar-refractivity contribution in [2.75, 3.05) is 0 Å². The number of rotatable bonds is 0. The smallest absolute Gasteiger partial charge is 0.0919 e. The fraction of sp³-hybridized carbons (Fsp3) is 0.429. The molecule has 10 heavy (non-hydrogen) atoms. The van der Waals surface area contributed by atoms with Crippen LogP contribution < -0.4 is 0 Å². The molecule has 0 saturated carbocycles. The molecule has 0 saturated heterocycles. The Morgan fingerprint density at radius 2 is 1.80 bits per heavy atom. The van der Waals surface area contributed by atoms with E-state index < -0.39 is 4.33 Å². The largest absolute Gasteiger partial charge is 0.157 e. The number of hydrogen-bond donors (Lipinski definition) is 0. The monoisotopic (exact) mass is 210 g/mol. The van der Waals surface area contributed by atoms with Gasteiger partial charge in [0.1, 0.15) is 0 Å². The number of allylic oxidation sites excluding steroid dienone is 4. The van der Waals surface area contributed by atoms with Gasteiger partial charge in [0.25, 0.3) is 0 Å². The van der Waals surface area contributed by atoms with Gasteiger partial charge in [-0.15, -0.1) is 0 Å². The van der Waals surface area contributed by atoms with Gasteiger partial charge in [-0.3, -0.25) is 0 Å². The van der Waals surface area contributed by atoms with E-state index in [4.69, 9.17) is 23.2 Å². The van der Waals surface area contributed by atoms with Gasteiger partial charge < -0.3 is 0 Å². The van der Waals surface area contributed by atoms with Gasteiger partial charge in [0, 0.05) is 21.7 Å². The molecule has 0 nitrogen and oxygen atoms in total. The third kappa shape index (κ3) is 1.88. The summed E-state index contributed by atoms with van der Waals surface area (Å²) in [6.07, 6.45) is 3.73. The van der Waals surface area contributed by atoms with Gasteiger partial charge in [0.15, 0.2) is 4.33 Å². The Bertz CT molecular complexity index is 192. The van der Waals surface area contributed by atoms with Crippen LogP contribution in [0.3, 0.4) is 0 Å². The maximum Gasteiger partial charge on any atom is 0.157 e. The van der Waals surface area contributed by atoms with Gasteiger partial charge in [-0.05, 0) is 31.1 Å². The maximum atomic E-state index is 5.83. The van der Waals surface area contributed by atoms with Crippen LogP contribution in [0.25, 0.3) is 0 Å². The Balaban J connectivity index is 0.000000810. The molecule has 0 fully saturated rings. The van der Waals surface area contributed by atoms with Crippen molar-refractivity contribution in [2.24, 2.45) is 0 Å². The minimum absolute atomic E-state index is 0. The van der Waals surface area contributed by atoms with Crippen molar-refractivity contribution >= 4 is 23.2 Å². The molecule has 0 aliphatic heterocycles. The Labute approximate surface area is 86.2 Å². The summed E-state index contributed by atoms with van der Waals surface area (Å²) in [5.74, 6) is 0. The SMILES string of the molecule is CC1=C(C)C(Cl)(Cl)C=C1.[Ti]. The van der Waals surface area contributed by atoms with Gasteiger partial charge in [-0.2, -0.15) is 0 Å². The molecule has 0 bridgehead atoms. The van der Waals surface area contributed by atoms with Crippen LogP contribution in [0.2, 0.25) is 0 Å². The summed E-state index contributed by atoms with van der Waals surface area (Å²) in [7, 11) is 0.